The molecule has 0 bridgehead atoms. The lowest BCUT2D eigenvalue weighted by molar-refractivity contribution is -0.136. The molecule has 0 saturated carbocycles. The van der Waals surface area contributed by atoms with E-state index in [0.29, 0.717) is 10.5 Å². The van der Waals surface area contributed by atoms with Gasteiger partial charge in [0.1, 0.15) is 5.56 Å². The van der Waals surface area contributed by atoms with Crippen molar-refractivity contribution in [1.82, 2.24) is 4.57 Å². The number of amides is 1. The first-order valence-electron chi connectivity index (χ1n) is 8.41. The molecule has 0 aliphatic heterocycles. The van der Waals surface area contributed by atoms with Crippen molar-refractivity contribution in [2.45, 2.75) is 26.1 Å². The number of alkyl halides is 3. The number of hydrogen-bond donors (Lipinski definition) is 1. The van der Waals surface area contributed by atoms with Crippen LogP contribution in [-0.2, 0) is 6.18 Å². The minimum atomic E-state index is -4.64. The second kappa shape index (κ2) is 7.31. The van der Waals surface area contributed by atoms with E-state index in [1.807, 2.05) is 13.8 Å². The van der Waals surface area contributed by atoms with Crippen LogP contribution in [0.3, 0.4) is 0 Å². The number of carbonyl (C=O) groups excluding carboxylic acids is 1. The Morgan fingerprint density at radius 2 is 1.82 bits per heavy atom. The second-order valence-corrected chi connectivity index (χ2v) is 6.97. The number of nitrogens with one attached hydrogen (secondary N) is 1. The van der Waals surface area contributed by atoms with Crippen LogP contribution >= 0.6 is 11.6 Å². The van der Waals surface area contributed by atoms with E-state index in [9.17, 15) is 22.8 Å². The van der Waals surface area contributed by atoms with Crippen molar-refractivity contribution in [2.24, 2.45) is 0 Å². The third-order valence-electron chi connectivity index (χ3n) is 4.28. The minimum absolute atomic E-state index is 0.0988. The van der Waals surface area contributed by atoms with E-state index < -0.39 is 28.8 Å². The standard InChI is InChI=1S/C20H16ClF3N2O2/c1-11(2)26-10-14(18(27)13-9-12(21)7-8-17(13)26)19(28)25-16-6-4-3-5-15(16)20(22,23)24/h3-11H,1-2H3,(H,25,28). The Bertz CT molecular complexity index is 1120. The van der Waals surface area contributed by atoms with Crippen LogP contribution in [0.5, 0.6) is 0 Å². The highest BCUT2D eigenvalue weighted by Crippen LogP contribution is 2.34. The first kappa shape index (κ1) is 19.9. The average molecular weight is 409 g/mol. The first-order chi connectivity index (χ1) is 13.1. The van der Waals surface area contributed by atoms with Gasteiger partial charge in [-0.15, -0.1) is 0 Å². The number of halogens is 4. The number of carbonyl (C=O) groups is 1. The molecule has 4 nitrogen and oxygen atoms in total. The average Bonchev–Trinajstić information content (AvgIpc) is 2.61. The molecule has 146 valence electrons. The molecular formula is C20H16ClF3N2O2. The monoisotopic (exact) mass is 408 g/mol. The largest absolute Gasteiger partial charge is 0.418 e. The molecule has 28 heavy (non-hydrogen) atoms. The van der Waals surface area contributed by atoms with E-state index >= 15 is 0 Å². The van der Waals surface area contributed by atoms with Gasteiger partial charge in [-0.25, -0.2) is 0 Å². The summed E-state index contributed by atoms with van der Waals surface area (Å²) in [5, 5.41) is 2.75. The van der Waals surface area contributed by atoms with E-state index in [4.69, 9.17) is 11.6 Å². The van der Waals surface area contributed by atoms with E-state index in [0.717, 1.165) is 12.1 Å². The highest BCUT2D eigenvalue weighted by atomic mass is 35.5. The summed E-state index contributed by atoms with van der Waals surface area (Å²) in [5.41, 5.74) is -1.69. The smallest absolute Gasteiger partial charge is 0.344 e. The number of hydrogen-bond acceptors (Lipinski definition) is 2. The number of pyridine rings is 1. The van der Waals surface area contributed by atoms with Gasteiger partial charge in [-0.2, -0.15) is 13.2 Å². The summed E-state index contributed by atoms with van der Waals surface area (Å²) >= 11 is 5.98. The van der Waals surface area contributed by atoms with Gasteiger partial charge >= 0.3 is 6.18 Å². The van der Waals surface area contributed by atoms with E-state index in [2.05, 4.69) is 5.32 Å². The summed E-state index contributed by atoms with van der Waals surface area (Å²) in [6, 6.07) is 9.24. The maximum Gasteiger partial charge on any atom is 0.418 e. The number of para-hydroxylation sites is 1. The van der Waals surface area contributed by atoms with Crippen molar-refractivity contribution in [2.75, 3.05) is 5.32 Å². The Kier molecular flexibility index (Phi) is 5.21. The van der Waals surface area contributed by atoms with Crippen molar-refractivity contribution < 1.29 is 18.0 Å². The lowest BCUT2D eigenvalue weighted by atomic mass is 10.1. The van der Waals surface area contributed by atoms with Crippen molar-refractivity contribution in [3.05, 3.63) is 75.0 Å². The summed E-state index contributed by atoms with van der Waals surface area (Å²) in [5.74, 6) is -0.919. The molecular weight excluding hydrogens is 393 g/mol. The number of benzene rings is 2. The summed E-state index contributed by atoms with van der Waals surface area (Å²) in [6.45, 7) is 3.72. The Morgan fingerprint density at radius 3 is 2.46 bits per heavy atom. The van der Waals surface area contributed by atoms with Crippen LogP contribution in [0.2, 0.25) is 5.02 Å². The Labute approximate surface area is 163 Å². The highest BCUT2D eigenvalue weighted by Gasteiger charge is 2.33. The van der Waals surface area contributed by atoms with Crippen molar-refractivity contribution in [3.8, 4) is 0 Å². The topological polar surface area (TPSA) is 51.1 Å². The fraction of sp³-hybridized carbons (Fsp3) is 0.200. The number of fused-ring (bicyclic) bond motifs is 1. The maximum absolute atomic E-state index is 13.2. The second-order valence-electron chi connectivity index (χ2n) is 6.53. The molecule has 0 spiro atoms. The maximum atomic E-state index is 13.2. The van der Waals surface area contributed by atoms with Gasteiger partial charge in [-0.05, 0) is 44.2 Å². The van der Waals surface area contributed by atoms with Crippen LogP contribution in [0.1, 0.15) is 35.8 Å². The summed E-state index contributed by atoms with van der Waals surface area (Å²) < 4.78 is 41.2. The van der Waals surface area contributed by atoms with Gasteiger partial charge in [0.15, 0.2) is 0 Å². The van der Waals surface area contributed by atoms with Gasteiger partial charge in [0.2, 0.25) is 5.43 Å². The molecule has 0 saturated heterocycles. The number of nitrogens with zero attached hydrogens (tertiary/aromatic N) is 1. The van der Waals surface area contributed by atoms with Crippen LogP contribution in [-0.4, -0.2) is 10.5 Å². The quantitative estimate of drug-likeness (QED) is 0.621. The fourth-order valence-corrected chi connectivity index (χ4v) is 3.12. The van der Waals surface area contributed by atoms with Crippen LogP contribution in [0.15, 0.2) is 53.5 Å². The van der Waals surface area contributed by atoms with Crippen LogP contribution in [0.4, 0.5) is 18.9 Å². The van der Waals surface area contributed by atoms with E-state index in [1.165, 1.54) is 24.4 Å². The lowest BCUT2D eigenvalue weighted by Crippen LogP contribution is -2.25. The summed E-state index contributed by atoms with van der Waals surface area (Å²) in [7, 11) is 0. The lowest BCUT2D eigenvalue weighted by Gasteiger charge is -2.17. The van der Waals surface area contributed by atoms with Crippen molar-refractivity contribution in [3.63, 3.8) is 0 Å². The van der Waals surface area contributed by atoms with Crippen LogP contribution in [0, 0.1) is 0 Å². The van der Waals surface area contributed by atoms with Gasteiger partial charge in [0.05, 0.1) is 16.8 Å². The van der Waals surface area contributed by atoms with Crippen molar-refractivity contribution >= 4 is 34.1 Å². The van der Waals surface area contributed by atoms with Gasteiger partial charge in [0, 0.05) is 22.6 Å². The summed E-state index contributed by atoms with van der Waals surface area (Å²) in [4.78, 5) is 25.5. The molecule has 1 amide bonds. The van der Waals surface area contributed by atoms with Gasteiger partial charge in [-0.1, -0.05) is 23.7 Å². The zero-order valence-corrected chi connectivity index (χ0v) is 15.7. The predicted molar refractivity (Wildman–Crippen MR) is 103 cm³/mol. The molecule has 0 atom stereocenters. The van der Waals surface area contributed by atoms with Crippen molar-refractivity contribution in [1.29, 1.82) is 0 Å². The number of anilines is 1. The van der Waals surface area contributed by atoms with E-state index in [1.54, 1.807) is 16.7 Å². The molecule has 1 aromatic heterocycles. The van der Waals surface area contributed by atoms with Crippen LogP contribution < -0.4 is 10.7 Å². The predicted octanol–water partition coefficient (Wildman–Crippen LogP) is 5.51. The summed E-state index contributed by atoms with van der Waals surface area (Å²) in [6.07, 6.45) is -3.28. The number of aromatic nitrogens is 1. The highest BCUT2D eigenvalue weighted by molar-refractivity contribution is 6.31. The molecule has 3 rings (SSSR count). The van der Waals surface area contributed by atoms with Crippen LogP contribution in [0.25, 0.3) is 10.9 Å². The molecule has 0 fully saturated rings. The molecule has 1 N–H and O–H groups in total. The number of rotatable bonds is 3. The SMILES string of the molecule is CC(C)n1cc(C(=O)Nc2ccccc2C(F)(F)F)c(=O)c2cc(Cl)ccc21. The van der Waals surface area contributed by atoms with Gasteiger partial charge < -0.3 is 9.88 Å². The molecule has 0 radical (unpaired) electrons. The zero-order valence-electron chi connectivity index (χ0n) is 15.0. The third-order valence-corrected chi connectivity index (χ3v) is 4.51. The molecule has 0 unspecified atom stereocenters. The van der Waals surface area contributed by atoms with Gasteiger partial charge in [0.25, 0.3) is 5.91 Å². The molecule has 2 aromatic carbocycles. The van der Waals surface area contributed by atoms with Gasteiger partial charge in [-0.3, -0.25) is 9.59 Å². The first-order valence-corrected chi connectivity index (χ1v) is 8.79. The van der Waals surface area contributed by atoms with E-state index in [-0.39, 0.29) is 17.0 Å². The normalized spacial score (nSPS) is 11.8. The Morgan fingerprint density at radius 1 is 1.14 bits per heavy atom. The Balaban J connectivity index is 2.13. The molecule has 0 aliphatic carbocycles. The minimum Gasteiger partial charge on any atom is -0.344 e. The Hall–Kier alpha value is -2.80. The molecule has 8 heteroatoms. The zero-order chi connectivity index (χ0) is 20.6. The molecule has 3 aromatic rings. The molecule has 1 heterocycles. The third kappa shape index (κ3) is 3.75. The fourth-order valence-electron chi connectivity index (χ4n) is 2.95. The molecule has 0 aliphatic rings.